The largest absolute Gasteiger partial charge is 0.481 e. The van der Waals surface area contributed by atoms with E-state index >= 15 is 0 Å². The number of hydrogen-bond donors (Lipinski definition) is 1. The molecule has 2 aromatic rings. The molecule has 0 aromatic heterocycles. The lowest BCUT2D eigenvalue weighted by Crippen LogP contribution is -2.21. The zero-order chi connectivity index (χ0) is 16.8. The van der Waals surface area contributed by atoms with Gasteiger partial charge in [-0.1, -0.05) is 63.2 Å². The van der Waals surface area contributed by atoms with Crippen LogP contribution in [0.1, 0.15) is 58.9 Å². The zero-order valence-electron chi connectivity index (χ0n) is 14.4. The summed E-state index contributed by atoms with van der Waals surface area (Å²) in [4.78, 5) is 10.3. The lowest BCUT2D eigenvalue weighted by Gasteiger charge is -2.14. The highest BCUT2D eigenvalue weighted by Crippen LogP contribution is 2.23. The fourth-order valence-corrected chi connectivity index (χ4v) is 1.90. The van der Waals surface area contributed by atoms with Crippen LogP contribution in [0.2, 0.25) is 0 Å². The van der Waals surface area contributed by atoms with E-state index in [1.807, 2.05) is 6.92 Å². The second kappa shape index (κ2) is 7.98. The van der Waals surface area contributed by atoms with Crippen molar-refractivity contribution in [2.24, 2.45) is 5.41 Å². The van der Waals surface area contributed by atoms with Crippen molar-refractivity contribution in [1.29, 1.82) is 0 Å². The van der Waals surface area contributed by atoms with Crippen LogP contribution in [0, 0.1) is 5.41 Å². The first-order valence-corrected chi connectivity index (χ1v) is 8.04. The minimum atomic E-state index is -0.722. The third kappa shape index (κ3) is 4.87. The van der Waals surface area contributed by atoms with E-state index < -0.39 is 11.4 Å². The van der Waals surface area contributed by atoms with Crippen LogP contribution in [0.5, 0.6) is 0 Å². The van der Waals surface area contributed by atoms with Crippen LogP contribution in [0.3, 0.4) is 0 Å². The van der Waals surface area contributed by atoms with E-state index in [0.29, 0.717) is 12.3 Å². The molecule has 0 fully saturated rings. The highest BCUT2D eigenvalue weighted by atomic mass is 16.4. The Morgan fingerprint density at radius 3 is 2.14 bits per heavy atom. The molecule has 0 saturated heterocycles. The van der Waals surface area contributed by atoms with Gasteiger partial charge >= 0.3 is 5.97 Å². The topological polar surface area (TPSA) is 37.3 Å². The Morgan fingerprint density at radius 2 is 1.68 bits per heavy atom. The molecule has 0 spiro atoms. The maximum atomic E-state index is 10.3. The van der Waals surface area contributed by atoms with Gasteiger partial charge in [-0.15, -0.1) is 0 Å². The van der Waals surface area contributed by atoms with E-state index in [9.17, 15) is 4.79 Å². The molecule has 0 radical (unpaired) electrons. The van der Waals surface area contributed by atoms with E-state index in [4.69, 9.17) is 5.11 Å². The number of rotatable bonds is 4. The van der Waals surface area contributed by atoms with Gasteiger partial charge in [0, 0.05) is 0 Å². The van der Waals surface area contributed by atoms with Crippen molar-refractivity contribution in [1.82, 2.24) is 0 Å². The van der Waals surface area contributed by atoms with Gasteiger partial charge in [0.1, 0.15) is 0 Å². The highest BCUT2D eigenvalue weighted by Gasteiger charge is 2.23. The Kier molecular flexibility index (Phi) is 6.61. The summed E-state index contributed by atoms with van der Waals surface area (Å²) >= 11 is 0. The normalized spacial score (nSPS) is 12.4. The summed E-state index contributed by atoms with van der Waals surface area (Å²) in [6.07, 6.45) is 1.89. The third-order valence-corrected chi connectivity index (χ3v) is 4.42. The number of carbonyl (C=O) groups is 1. The Morgan fingerprint density at radius 1 is 1.09 bits per heavy atom. The molecule has 0 aliphatic carbocycles. The highest BCUT2D eigenvalue weighted by molar-refractivity contribution is 5.83. The predicted octanol–water partition coefficient (Wildman–Crippen LogP) is 5.86. The number of benzene rings is 2. The van der Waals surface area contributed by atoms with Crippen LogP contribution in [0.25, 0.3) is 10.8 Å². The maximum absolute atomic E-state index is 10.3. The van der Waals surface area contributed by atoms with Gasteiger partial charge in [-0.2, -0.15) is 0 Å². The number of hydrogen-bond acceptors (Lipinski definition) is 1. The average molecular weight is 300 g/mol. The summed E-state index contributed by atoms with van der Waals surface area (Å²) in [5.74, 6) is -0.0559. The molecule has 2 nitrogen and oxygen atoms in total. The first-order chi connectivity index (χ1) is 10.3. The average Bonchev–Trinajstić information content (AvgIpc) is 2.54. The summed E-state index contributed by atoms with van der Waals surface area (Å²) in [7, 11) is 0. The van der Waals surface area contributed by atoms with Gasteiger partial charge in [-0.05, 0) is 48.9 Å². The van der Waals surface area contributed by atoms with Crippen molar-refractivity contribution in [3.63, 3.8) is 0 Å². The Hall–Kier alpha value is -1.83. The van der Waals surface area contributed by atoms with Crippen molar-refractivity contribution in [2.75, 3.05) is 0 Å². The van der Waals surface area contributed by atoms with Crippen LogP contribution >= 0.6 is 0 Å². The van der Waals surface area contributed by atoms with Gasteiger partial charge in [0.05, 0.1) is 5.41 Å². The first kappa shape index (κ1) is 18.2. The molecule has 2 aromatic carbocycles. The fourth-order valence-electron chi connectivity index (χ4n) is 1.90. The minimum absolute atomic E-state index is 0.542. The predicted molar refractivity (Wildman–Crippen MR) is 94.4 cm³/mol. The van der Waals surface area contributed by atoms with Crippen molar-refractivity contribution >= 4 is 16.7 Å². The van der Waals surface area contributed by atoms with Crippen LogP contribution in [0.15, 0.2) is 42.5 Å². The van der Waals surface area contributed by atoms with E-state index in [0.717, 1.165) is 0 Å². The Bertz CT molecular complexity index is 614. The Labute approximate surface area is 134 Å². The first-order valence-electron chi connectivity index (χ1n) is 8.04. The van der Waals surface area contributed by atoms with E-state index in [2.05, 4.69) is 56.3 Å². The minimum Gasteiger partial charge on any atom is -0.481 e. The summed E-state index contributed by atoms with van der Waals surface area (Å²) in [6, 6.07) is 15.3. The number of fused-ring (bicyclic) bond motifs is 1. The number of aliphatic carboxylic acids is 1. The quantitative estimate of drug-likeness (QED) is 0.767. The molecule has 1 unspecified atom stereocenters. The second-order valence-corrected chi connectivity index (χ2v) is 6.46. The molecule has 2 rings (SSSR count). The lowest BCUT2D eigenvalue weighted by atomic mass is 9.91. The summed E-state index contributed by atoms with van der Waals surface area (Å²) in [6.45, 7) is 9.82. The van der Waals surface area contributed by atoms with Gasteiger partial charge in [0.15, 0.2) is 0 Å². The van der Waals surface area contributed by atoms with E-state index in [1.165, 1.54) is 22.8 Å². The van der Waals surface area contributed by atoms with Crippen molar-refractivity contribution in [2.45, 2.75) is 53.4 Å². The van der Waals surface area contributed by atoms with Gasteiger partial charge in [0.25, 0.3) is 0 Å². The molecule has 0 heterocycles. The molecule has 1 atom stereocenters. The number of carboxylic acids is 1. The lowest BCUT2D eigenvalue weighted by molar-refractivity contribution is -0.147. The molecule has 120 valence electrons. The van der Waals surface area contributed by atoms with Crippen molar-refractivity contribution < 1.29 is 9.90 Å². The van der Waals surface area contributed by atoms with Gasteiger partial charge in [-0.3, -0.25) is 4.79 Å². The zero-order valence-corrected chi connectivity index (χ0v) is 14.4. The van der Waals surface area contributed by atoms with Crippen LogP contribution in [0.4, 0.5) is 0 Å². The fraction of sp³-hybridized carbons (Fsp3) is 0.450. The number of carboxylic acid groups (broad SMARTS) is 1. The SMILES string of the molecule is CCC(C)(C)C(=O)O.CCC(C)c1ccc2ccccc2c1. The molecule has 0 aliphatic rings. The molecule has 2 heteroatoms. The van der Waals surface area contributed by atoms with Gasteiger partial charge in [0.2, 0.25) is 0 Å². The molecule has 0 aliphatic heterocycles. The van der Waals surface area contributed by atoms with Crippen molar-refractivity contribution in [3.05, 3.63) is 48.0 Å². The van der Waals surface area contributed by atoms with E-state index in [-0.39, 0.29) is 0 Å². The summed E-state index contributed by atoms with van der Waals surface area (Å²) in [5, 5.41) is 11.1. The Balaban J connectivity index is 0.000000261. The van der Waals surface area contributed by atoms with E-state index in [1.54, 1.807) is 13.8 Å². The van der Waals surface area contributed by atoms with Crippen LogP contribution < -0.4 is 0 Å². The monoisotopic (exact) mass is 300 g/mol. The van der Waals surface area contributed by atoms with Crippen LogP contribution in [-0.2, 0) is 4.79 Å². The molecule has 0 saturated carbocycles. The molecule has 1 N–H and O–H groups in total. The molecule has 0 bridgehead atoms. The summed E-state index contributed by atoms with van der Waals surface area (Å²) in [5.41, 5.74) is 0.909. The molecule has 0 amide bonds. The standard InChI is InChI=1S/C14H16.C6H12O2/c1-3-11(2)13-9-8-12-6-4-5-7-14(12)10-13;1-4-6(2,3)5(7)8/h4-11H,3H2,1-2H3;4H2,1-3H3,(H,7,8). The second-order valence-electron chi connectivity index (χ2n) is 6.46. The van der Waals surface area contributed by atoms with Crippen molar-refractivity contribution in [3.8, 4) is 0 Å². The molecule has 22 heavy (non-hydrogen) atoms. The van der Waals surface area contributed by atoms with Gasteiger partial charge < -0.3 is 5.11 Å². The van der Waals surface area contributed by atoms with Crippen LogP contribution in [-0.4, -0.2) is 11.1 Å². The van der Waals surface area contributed by atoms with Gasteiger partial charge in [-0.25, -0.2) is 0 Å². The third-order valence-electron chi connectivity index (χ3n) is 4.42. The summed E-state index contributed by atoms with van der Waals surface area (Å²) < 4.78 is 0. The maximum Gasteiger partial charge on any atom is 0.309 e. The smallest absolute Gasteiger partial charge is 0.309 e. The molecular weight excluding hydrogens is 272 g/mol. The molecular formula is C20H28O2.